The van der Waals surface area contributed by atoms with E-state index >= 15 is 0 Å². The van der Waals surface area contributed by atoms with Crippen molar-refractivity contribution < 1.29 is 14.3 Å². The van der Waals surface area contributed by atoms with Crippen molar-refractivity contribution in [1.82, 2.24) is 30.3 Å². The minimum absolute atomic E-state index is 0.204. The molecule has 2 aromatic carbocycles. The molecule has 0 radical (unpaired) electrons. The maximum atomic E-state index is 13.2. The van der Waals surface area contributed by atoms with Crippen molar-refractivity contribution in [2.75, 3.05) is 6.79 Å². The number of thioether (sulfide) groups is 1. The molecule has 1 amide bonds. The van der Waals surface area contributed by atoms with Crippen LogP contribution in [0.5, 0.6) is 11.5 Å². The molecule has 1 aliphatic heterocycles. The minimum Gasteiger partial charge on any atom is -0.454 e. The van der Waals surface area contributed by atoms with Crippen molar-refractivity contribution >= 4 is 33.6 Å². The van der Waals surface area contributed by atoms with E-state index in [1.807, 2.05) is 62.4 Å². The van der Waals surface area contributed by atoms with Gasteiger partial charge in [0.15, 0.2) is 22.3 Å². The number of halogens is 1. The lowest BCUT2D eigenvalue weighted by Gasteiger charge is -2.09. The third kappa shape index (κ3) is 5.30. The van der Waals surface area contributed by atoms with Crippen LogP contribution in [-0.4, -0.2) is 37.7 Å². The van der Waals surface area contributed by atoms with Crippen molar-refractivity contribution in [2.24, 2.45) is 0 Å². The zero-order chi connectivity index (χ0) is 24.4. The zero-order valence-electron chi connectivity index (χ0n) is 19.0. The quantitative estimate of drug-likeness (QED) is 0.266. The number of aryl methyl sites for hydroxylation is 2. The van der Waals surface area contributed by atoms with Gasteiger partial charge in [-0.3, -0.25) is 4.79 Å². The molecular weight excluding hydrogens is 532 g/mol. The van der Waals surface area contributed by atoms with Crippen LogP contribution in [0.3, 0.4) is 0 Å². The van der Waals surface area contributed by atoms with E-state index in [0.717, 1.165) is 27.1 Å². The molecule has 9 nitrogen and oxygen atoms in total. The number of ether oxygens (including phenoxy) is 2. The first kappa shape index (κ1) is 23.3. The Bertz CT molecular complexity index is 1370. The summed E-state index contributed by atoms with van der Waals surface area (Å²) in [4.78, 5) is 22.2. The van der Waals surface area contributed by atoms with Gasteiger partial charge in [0, 0.05) is 28.2 Å². The molecule has 3 heterocycles. The van der Waals surface area contributed by atoms with E-state index < -0.39 is 0 Å². The largest absolute Gasteiger partial charge is 0.454 e. The highest BCUT2D eigenvalue weighted by atomic mass is 79.9. The lowest BCUT2D eigenvalue weighted by atomic mass is 10.2. The molecule has 0 saturated carbocycles. The number of nitrogens with zero attached hydrogens (tertiary/aromatic N) is 5. The molecule has 2 aromatic heterocycles. The first-order valence-corrected chi connectivity index (χ1v) is 12.6. The Morgan fingerprint density at radius 2 is 1.80 bits per heavy atom. The van der Waals surface area contributed by atoms with Gasteiger partial charge in [0.05, 0.1) is 11.4 Å². The zero-order valence-corrected chi connectivity index (χ0v) is 21.4. The fraction of sp³-hybridized carbons (Fsp3) is 0.208. The van der Waals surface area contributed by atoms with E-state index in [0.29, 0.717) is 34.6 Å². The van der Waals surface area contributed by atoms with Gasteiger partial charge in [-0.1, -0.05) is 39.0 Å². The molecule has 0 bridgehead atoms. The molecule has 0 saturated heterocycles. The smallest absolute Gasteiger partial charge is 0.274 e. The Labute approximate surface area is 214 Å². The predicted molar refractivity (Wildman–Crippen MR) is 134 cm³/mol. The maximum Gasteiger partial charge on any atom is 0.274 e. The molecule has 35 heavy (non-hydrogen) atoms. The fourth-order valence-corrected chi connectivity index (χ4v) is 4.81. The van der Waals surface area contributed by atoms with Gasteiger partial charge in [0.25, 0.3) is 5.91 Å². The third-order valence-electron chi connectivity index (χ3n) is 5.24. The number of benzene rings is 2. The van der Waals surface area contributed by atoms with Crippen LogP contribution < -0.4 is 14.8 Å². The summed E-state index contributed by atoms with van der Waals surface area (Å²) < 4.78 is 13.4. The van der Waals surface area contributed by atoms with Gasteiger partial charge in [-0.2, -0.15) is 0 Å². The van der Waals surface area contributed by atoms with Crippen molar-refractivity contribution in [1.29, 1.82) is 0 Å². The average Bonchev–Trinajstić information content (AvgIpc) is 3.48. The predicted octanol–water partition coefficient (Wildman–Crippen LogP) is 4.39. The molecule has 5 rings (SSSR count). The lowest BCUT2D eigenvalue weighted by molar-refractivity contribution is 0.0945. The highest BCUT2D eigenvalue weighted by Crippen LogP contribution is 2.32. The van der Waals surface area contributed by atoms with Crippen LogP contribution in [0.25, 0.3) is 5.69 Å². The molecule has 0 fully saturated rings. The Morgan fingerprint density at radius 3 is 2.57 bits per heavy atom. The number of rotatable bonds is 7. The molecular formula is C24H21BrN6O3S. The Hall–Kier alpha value is -3.44. The third-order valence-corrected chi connectivity index (χ3v) is 6.63. The van der Waals surface area contributed by atoms with Crippen LogP contribution in [-0.2, 0) is 12.3 Å². The first-order valence-electron chi connectivity index (χ1n) is 10.8. The molecule has 178 valence electrons. The Kier molecular flexibility index (Phi) is 6.69. The summed E-state index contributed by atoms with van der Waals surface area (Å²) in [5.41, 5.74) is 4.38. The summed E-state index contributed by atoms with van der Waals surface area (Å²) >= 11 is 4.89. The number of nitrogens with one attached hydrogen (secondary N) is 1. The first-order chi connectivity index (χ1) is 17.0. The summed E-state index contributed by atoms with van der Waals surface area (Å²) in [6.07, 6.45) is 0. The Balaban J connectivity index is 1.39. The topological polar surface area (TPSA) is 104 Å². The number of carbonyl (C=O) groups is 1. The minimum atomic E-state index is -0.317. The highest BCUT2D eigenvalue weighted by molar-refractivity contribution is 9.10. The molecule has 1 N–H and O–H groups in total. The summed E-state index contributed by atoms with van der Waals surface area (Å²) in [5.74, 6) is 1.47. The second kappa shape index (κ2) is 10.0. The Morgan fingerprint density at radius 1 is 1.06 bits per heavy atom. The van der Waals surface area contributed by atoms with Crippen LogP contribution in [0, 0.1) is 13.8 Å². The summed E-state index contributed by atoms with van der Waals surface area (Å²) in [6, 6.07) is 15.2. The second-order valence-electron chi connectivity index (χ2n) is 7.87. The molecule has 0 unspecified atom stereocenters. The number of hydrogen-bond donors (Lipinski definition) is 1. The molecule has 0 atom stereocenters. The van der Waals surface area contributed by atoms with E-state index in [-0.39, 0.29) is 18.4 Å². The van der Waals surface area contributed by atoms with E-state index in [9.17, 15) is 4.79 Å². The van der Waals surface area contributed by atoms with Crippen LogP contribution >= 0.6 is 27.7 Å². The normalized spacial score (nSPS) is 12.1. The van der Waals surface area contributed by atoms with E-state index in [1.165, 1.54) is 11.8 Å². The van der Waals surface area contributed by atoms with Gasteiger partial charge in [-0.15, -0.1) is 5.10 Å². The van der Waals surface area contributed by atoms with Crippen molar-refractivity contribution in [3.63, 3.8) is 0 Å². The van der Waals surface area contributed by atoms with Crippen LogP contribution in [0.15, 0.2) is 58.2 Å². The number of aromatic nitrogens is 5. The number of fused-ring (bicyclic) bond motifs is 1. The van der Waals surface area contributed by atoms with Crippen molar-refractivity contribution in [3.05, 3.63) is 81.3 Å². The van der Waals surface area contributed by atoms with Crippen molar-refractivity contribution in [3.8, 4) is 17.2 Å². The van der Waals surface area contributed by atoms with Gasteiger partial charge < -0.3 is 14.8 Å². The lowest BCUT2D eigenvalue weighted by Crippen LogP contribution is -2.24. The summed E-state index contributed by atoms with van der Waals surface area (Å²) in [5, 5.41) is 12.1. The monoisotopic (exact) mass is 552 g/mol. The van der Waals surface area contributed by atoms with E-state index in [4.69, 9.17) is 9.47 Å². The van der Waals surface area contributed by atoms with Crippen LogP contribution in [0.4, 0.5) is 0 Å². The van der Waals surface area contributed by atoms with E-state index in [2.05, 4.69) is 41.5 Å². The molecule has 4 aromatic rings. The maximum absolute atomic E-state index is 13.2. The van der Waals surface area contributed by atoms with E-state index in [1.54, 1.807) is 4.68 Å². The molecule has 11 heteroatoms. The van der Waals surface area contributed by atoms with Gasteiger partial charge in [-0.05, 0) is 61.9 Å². The van der Waals surface area contributed by atoms with Crippen LogP contribution in [0.2, 0.25) is 0 Å². The molecule has 0 spiro atoms. The SMILES string of the molecule is Cc1cc(C)nc(SCc2c(C(=O)NCc3ccc4c(c3)OCO4)nnn2-c2ccc(Br)cc2)n1. The average molecular weight is 553 g/mol. The number of carbonyl (C=O) groups excluding carboxylic acids is 1. The highest BCUT2D eigenvalue weighted by Gasteiger charge is 2.22. The number of amides is 1. The standard InChI is InChI=1S/C24H21BrN6O3S/c1-14-9-15(2)28-24(27-14)35-12-19-22(29-30-31(19)18-6-4-17(25)5-7-18)23(32)26-11-16-3-8-20-21(10-16)34-13-33-20/h3-10H,11-13H2,1-2H3,(H,26,32). The van der Waals surface area contributed by atoms with Gasteiger partial charge in [0.2, 0.25) is 6.79 Å². The van der Waals surface area contributed by atoms with Gasteiger partial charge in [0.1, 0.15) is 0 Å². The fourth-order valence-electron chi connectivity index (χ4n) is 3.61. The summed E-state index contributed by atoms with van der Waals surface area (Å²) in [7, 11) is 0. The molecule has 0 aliphatic carbocycles. The summed E-state index contributed by atoms with van der Waals surface area (Å²) in [6.45, 7) is 4.38. The van der Waals surface area contributed by atoms with Crippen LogP contribution in [0.1, 0.15) is 33.1 Å². The second-order valence-corrected chi connectivity index (χ2v) is 9.72. The van der Waals surface area contributed by atoms with Crippen molar-refractivity contribution in [2.45, 2.75) is 31.3 Å². The van der Waals surface area contributed by atoms with Gasteiger partial charge >= 0.3 is 0 Å². The van der Waals surface area contributed by atoms with Gasteiger partial charge in [-0.25, -0.2) is 14.6 Å². The molecule has 1 aliphatic rings. The number of hydrogen-bond acceptors (Lipinski definition) is 8.